The first-order chi connectivity index (χ1) is 9.22. The Hall–Kier alpha value is -0.800. The van der Waals surface area contributed by atoms with Gasteiger partial charge in [-0.25, -0.2) is 0 Å². The molecule has 0 aliphatic heterocycles. The van der Waals surface area contributed by atoms with Crippen molar-refractivity contribution in [2.45, 2.75) is 48.9 Å². The zero-order chi connectivity index (χ0) is 13.7. The number of benzene rings is 1. The van der Waals surface area contributed by atoms with Gasteiger partial charge in [0.2, 0.25) is 0 Å². The molecule has 0 heterocycles. The lowest BCUT2D eigenvalue weighted by molar-refractivity contribution is -0.129. The summed E-state index contributed by atoms with van der Waals surface area (Å²) in [5, 5.41) is 0.291. The topological polar surface area (TPSA) is 26.3 Å². The van der Waals surface area contributed by atoms with Crippen molar-refractivity contribution < 1.29 is 9.53 Å². The molecule has 3 heteroatoms. The highest BCUT2D eigenvalue weighted by atomic mass is 32.2. The number of rotatable bonds is 5. The van der Waals surface area contributed by atoms with Crippen molar-refractivity contribution in [1.29, 1.82) is 0 Å². The fourth-order valence-electron chi connectivity index (χ4n) is 2.82. The van der Waals surface area contributed by atoms with Gasteiger partial charge in [-0.2, -0.15) is 0 Å². The van der Waals surface area contributed by atoms with Crippen molar-refractivity contribution in [2.24, 2.45) is 5.92 Å². The van der Waals surface area contributed by atoms with Gasteiger partial charge < -0.3 is 4.74 Å². The lowest BCUT2D eigenvalue weighted by Gasteiger charge is -2.31. The van der Waals surface area contributed by atoms with Crippen LogP contribution in [0.25, 0.3) is 0 Å². The minimum Gasteiger partial charge on any atom is -0.380 e. The quantitative estimate of drug-likeness (QED) is 0.763. The molecule has 0 spiro atoms. The Balaban J connectivity index is 2.02. The van der Waals surface area contributed by atoms with E-state index in [1.807, 2.05) is 18.2 Å². The normalized spacial score (nSPS) is 23.1. The van der Waals surface area contributed by atoms with Gasteiger partial charge in [-0.05, 0) is 25.0 Å². The smallest absolute Gasteiger partial charge is 0.138 e. The monoisotopic (exact) mass is 278 g/mol. The van der Waals surface area contributed by atoms with E-state index in [-0.39, 0.29) is 12.0 Å². The third kappa shape index (κ3) is 3.83. The highest BCUT2D eigenvalue weighted by Gasteiger charge is 2.34. The Morgan fingerprint density at radius 2 is 2.00 bits per heavy atom. The van der Waals surface area contributed by atoms with Crippen molar-refractivity contribution in [3.63, 3.8) is 0 Å². The van der Waals surface area contributed by atoms with Crippen LogP contribution in [0.15, 0.2) is 35.2 Å². The molecule has 19 heavy (non-hydrogen) atoms. The van der Waals surface area contributed by atoms with Crippen molar-refractivity contribution in [3.05, 3.63) is 30.3 Å². The molecule has 0 unspecified atom stereocenters. The maximum absolute atomic E-state index is 12.1. The second-order valence-electron chi connectivity index (χ2n) is 5.15. The molecule has 0 amide bonds. The van der Waals surface area contributed by atoms with Gasteiger partial charge in [-0.3, -0.25) is 4.79 Å². The Morgan fingerprint density at radius 3 is 2.63 bits per heavy atom. The van der Waals surface area contributed by atoms with Crippen molar-refractivity contribution in [1.82, 2.24) is 0 Å². The fourth-order valence-corrected chi connectivity index (χ4v) is 4.00. The Labute approximate surface area is 119 Å². The fraction of sp³-hybridized carbons (Fsp3) is 0.562. The molecule has 1 aliphatic carbocycles. The average molecular weight is 278 g/mol. The first kappa shape index (κ1) is 14.6. The molecule has 3 atom stereocenters. The van der Waals surface area contributed by atoms with Gasteiger partial charge in [0, 0.05) is 29.6 Å². The molecule has 1 aliphatic rings. The predicted octanol–water partition coefficient (Wildman–Crippen LogP) is 3.94. The summed E-state index contributed by atoms with van der Waals surface area (Å²) >= 11 is 1.79. The minimum atomic E-state index is 0.0259. The zero-order valence-electron chi connectivity index (χ0n) is 11.7. The van der Waals surface area contributed by atoms with Gasteiger partial charge in [0.25, 0.3) is 0 Å². The molecule has 2 nitrogen and oxygen atoms in total. The standard InChI is InChI=1S/C16H22O2S/c1-12(19-13-8-4-3-5-9-13)16(18-2)14-10-6-7-11-15(14)17/h3-5,8-9,12,14,16H,6-7,10-11H2,1-2H3/t12-,14+,16-/m1/s1. The van der Waals surface area contributed by atoms with E-state index in [0.29, 0.717) is 11.0 Å². The van der Waals surface area contributed by atoms with Crippen LogP contribution in [0.1, 0.15) is 32.6 Å². The van der Waals surface area contributed by atoms with Crippen LogP contribution in [0.4, 0.5) is 0 Å². The molecule has 0 radical (unpaired) electrons. The van der Waals surface area contributed by atoms with E-state index in [9.17, 15) is 4.79 Å². The van der Waals surface area contributed by atoms with Crippen LogP contribution < -0.4 is 0 Å². The molecule has 0 aromatic heterocycles. The molecule has 1 fully saturated rings. The molecule has 1 aromatic rings. The van der Waals surface area contributed by atoms with Crippen LogP contribution in [-0.2, 0) is 9.53 Å². The highest BCUT2D eigenvalue weighted by molar-refractivity contribution is 8.00. The highest BCUT2D eigenvalue weighted by Crippen LogP contribution is 2.33. The first-order valence-corrected chi connectivity index (χ1v) is 7.87. The van der Waals surface area contributed by atoms with Crippen LogP contribution in [0.2, 0.25) is 0 Å². The predicted molar refractivity (Wildman–Crippen MR) is 79.5 cm³/mol. The summed E-state index contributed by atoms with van der Waals surface area (Å²) in [5.41, 5.74) is 0. The van der Waals surface area contributed by atoms with E-state index in [0.717, 1.165) is 25.7 Å². The second kappa shape index (κ2) is 7.11. The lowest BCUT2D eigenvalue weighted by Crippen LogP contribution is -2.38. The molecule has 0 bridgehead atoms. The summed E-state index contributed by atoms with van der Waals surface area (Å²) < 4.78 is 5.65. The van der Waals surface area contributed by atoms with Gasteiger partial charge in [-0.15, -0.1) is 11.8 Å². The molecular weight excluding hydrogens is 256 g/mol. The number of Topliss-reactive ketones (excluding diaryl/α,β-unsaturated/α-hetero) is 1. The SMILES string of the molecule is CO[C@H]([C@@H](C)Sc1ccccc1)[C@H]1CCCCC1=O. The van der Waals surface area contributed by atoms with Gasteiger partial charge in [0.05, 0.1) is 6.10 Å². The van der Waals surface area contributed by atoms with Crippen LogP contribution in [0, 0.1) is 5.92 Å². The van der Waals surface area contributed by atoms with Crippen LogP contribution in [0.3, 0.4) is 0 Å². The zero-order valence-corrected chi connectivity index (χ0v) is 12.5. The van der Waals surface area contributed by atoms with Crippen molar-refractivity contribution in [2.75, 3.05) is 7.11 Å². The van der Waals surface area contributed by atoms with E-state index in [1.54, 1.807) is 18.9 Å². The first-order valence-electron chi connectivity index (χ1n) is 6.99. The number of ketones is 1. The summed E-state index contributed by atoms with van der Waals surface area (Å²) in [5.74, 6) is 0.476. The summed E-state index contributed by atoms with van der Waals surface area (Å²) in [6, 6.07) is 10.3. The number of hydrogen-bond acceptors (Lipinski definition) is 3. The van der Waals surface area contributed by atoms with Gasteiger partial charge in [0.15, 0.2) is 0 Å². The molecule has 1 saturated carbocycles. The Morgan fingerprint density at radius 1 is 1.26 bits per heavy atom. The van der Waals surface area contributed by atoms with E-state index in [4.69, 9.17) is 4.74 Å². The maximum atomic E-state index is 12.1. The summed E-state index contributed by atoms with van der Waals surface area (Å²) in [7, 11) is 1.73. The number of carbonyl (C=O) groups is 1. The number of carbonyl (C=O) groups excluding carboxylic acids is 1. The molecule has 1 aromatic carbocycles. The minimum absolute atomic E-state index is 0.0259. The van der Waals surface area contributed by atoms with Crippen LogP contribution >= 0.6 is 11.8 Å². The summed E-state index contributed by atoms with van der Waals surface area (Å²) in [6.45, 7) is 2.16. The molecule has 0 N–H and O–H groups in total. The second-order valence-corrected chi connectivity index (χ2v) is 6.61. The number of methoxy groups -OCH3 is 1. The van der Waals surface area contributed by atoms with Gasteiger partial charge >= 0.3 is 0 Å². The van der Waals surface area contributed by atoms with Gasteiger partial charge in [0.1, 0.15) is 5.78 Å². The summed E-state index contributed by atoms with van der Waals surface area (Å²) in [6.07, 6.45) is 3.94. The third-order valence-electron chi connectivity index (χ3n) is 3.80. The molecule has 2 rings (SSSR count). The summed E-state index contributed by atoms with van der Waals surface area (Å²) in [4.78, 5) is 13.3. The number of ether oxygens (including phenoxy) is 1. The maximum Gasteiger partial charge on any atom is 0.138 e. The Kier molecular flexibility index (Phi) is 5.46. The average Bonchev–Trinajstić information content (AvgIpc) is 2.43. The molecular formula is C16H22O2S. The van der Waals surface area contributed by atoms with Crippen LogP contribution in [0.5, 0.6) is 0 Å². The number of hydrogen-bond donors (Lipinski definition) is 0. The third-order valence-corrected chi connectivity index (χ3v) is 4.98. The van der Waals surface area contributed by atoms with Gasteiger partial charge in [-0.1, -0.05) is 31.5 Å². The molecule has 104 valence electrons. The Bertz CT molecular complexity index is 404. The van der Waals surface area contributed by atoms with E-state index < -0.39 is 0 Å². The number of thioether (sulfide) groups is 1. The molecule has 0 saturated heterocycles. The van der Waals surface area contributed by atoms with E-state index >= 15 is 0 Å². The van der Waals surface area contributed by atoms with E-state index in [1.165, 1.54) is 4.90 Å². The van der Waals surface area contributed by atoms with E-state index in [2.05, 4.69) is 19.1 Å². The van der Waals surface area contributed by atoms with Crippen molar-refractivity contribution >= 4 is 17.5 Å². The van der Waals surface area contributed by atoms with Crippen molar-refractivity contribution in [3.8, 4) is 0 Å². The largest absolute Gasteiger partial charge is 0.380 e. The van der Waals surface area contributed by atoms with Crippen LogP contribution in [-0.4, -0.2) is 24.2 Å². The lowest BCUT2D eigenvalue weighted by atomic mass is 9.83.